The second-order valence-electron chi connectivity index (χ2n) is 5.53. The molecule has 0 unspecified atom stereocenters. The second kappa shape index (κ2) is 5.71. The van der Waals surface area contributed by atoms with Crippen LogP contribution in [0.25, 0.3) is 11.4 Å². The van der Waals surface area contributed by atoms with Gasteiger partial charge in [0.1, 0.15) is 11.5 Å². The maximum atomic E-state index is 11.9. The Kier molecular flexibility index (Phi) is 4.18. The highest BCUT2D eigenvalue weighted by molar-refractivity contribution is 7.98. The zero-order chi connectivity index (χ0) is 14.8. The molecule has 1 aromatic carbocycles. The average molecular weight is 289 g/mol. The highest BCUT2D eigenvalue weighted by Gasteiger charge is 2.18. The molecule has 20 heavy (non-hydrogen) atoms. The van der Waals surface area contributed by atoms with Crippen molar-refractivity contribution in [3.8, 4) is 11.4 Å². The number of aromatic nitrogens is 2. The minimum Gasteiger partial charge on any atom is -0.623 e. The molecule has 0 atom stereocenters. The first-order valence-corrected chi connectivity index (χ1v) is 7.64. The van der Waals surface area contributed by atoms with Gasteiger partial charge in [-0.2, -0.15) is 0 Å². The van der Waals surface area contributed by atoms with E-state index in [-0.39, 0.29) is 0 Å². The molecule has 106 valence electrons. The summed E-state index contributed by atoms with van der Waals surface area (Å²) >= 11 is 1.70. The van der Waals surface area contributed by atoms with E-state index in [9.17, 15) is 5.21 Å². The second-order valence-corrected chi connectivity index (χ2v) is 6.41. The van der Waals surface area contributed by atoms with Crippen LogP contribution in [0.3, 0.4) is 0 Å². The first-order valence-electron chi connectivity index (χ1n) is 6.41. The fraction of sp³-hybridized carbons (Fsp3) is 0.333. The summed E-state index contributed by atoms with van der Waals surface area (Å²) in [6, 6.07) is 8.16. The van der Waals surface area contributed by atoms with Crippen LogP contribution >= 0.6 is 11.8 Å². The van der Waals surface area contributed by atoms with Crippen LogP contribution in [0.1, 0.15) is 26.5 Å². The zero-order valence-electron chi connectivity index (χ0n) is 12.2. The van der Waals surface area contributed by atoms with Gasteiger partial charge in [-0.3, -0.25) is 0 Å². The maximum absolute atomic E-state index is 11.9. The van der Waals surface area contributed by atoms with Crippen molar-refractivity contribution in [3.05, 3.63) is 41.4 Å². The van der Waals surface area contributed by atoms with Crippen molar-refractivity contribution >= 4 is 18.0 Å². The zero-order valence-corrected chi connectivity index (χ0v) is 13.0. The van der Waals surface area contributed by atoms with Gasteiger partial charge in [-0.25, -0.2) is 9.72 Å². The first-order chi connectivity index (χ1) is 9.40. The van der Waals surface area contributed by atoms with Crippen LogP contribution in [0.2, 0.25) is 0 Å². The first kappa shape index (κ1) is 14.7. The molecule has 1 N–H and O–H groups in total. The monoisotopic (exact) mass is 289 g/mol. The van der Waals surface area contributed by atoms with Crippen molar-refractivity contribution in [1.82, 2.24) is 9.97 Å². The lowest BCUT2D eigenvalue weighted by molar-refractivity contribution is -0.530. The lowest BCUT2D eigenvalue weighted by atomic mass is 10.1. The Labute approximate surface area is 123 Å². The Morgan fingerprint density at radius 2 is 1.90 bits per heavy atom. The number of hydrogen-bond acceptors (Lipinski definition) is 3. The van der Waals surface area contributed by atoms with E-state index in [4.69, 9.17) is 0 Å². The van der Waals surface area contributed by atoms with Gasteiger partial charge in [0.15, 0.2) is 5.54 Å². The van der Waals surface area contributed by atoms with Crippen LogP contribution in [0.4, 0.5) is 0 Å². The molecule has 0 aliphatic carbocycles. The number of hydroxylamine groups is 1. The number of nitrogens with zero attached hydrogens (tertiary/aromatic N) is 2. The molecule has 2 rings (SSSR count). The quantitative estimate of drug-likeness (QED) is 0.309. The van der Waals surface area contributed by atoms with Crippen LogP contribution < -0.4 is 0 Å². The van der Waals surface area contributed by atoms with Crippen LogP contribution in [0.5, 0.6) is 0 Å². The lowest BCUT2D eigenvalue weighted by Gasteiger charge is -2.17. The fourth-order valence-corrected chi connectivity index (χ4v) is 2.02. The standard InChI is InChI=1S/C15H19N3OS/c1-15(2,3)18(19)10-12-9-16-14(17-12)11-5-7-13(20-4)8-6-11/h5-10H,1-4H3,(H,16,17)/b18-10-. The minimum atomic E-state index is -0.459. The molecule has 0 radical (unpaired) electrons. The van der Waals surface area contributed by atoms with E-state index in [1.807, 2.05) is 39.2 Å². The molecule has 0 bridgehead atoms. The Morgan fingerprint density at radius 1 is 1.25 bits per heavy atom. The normalized spacial score (nSPS) is 12.7. The molecule has 1 heterocycles. The van der Waals surface area contributed by atoms with Crippen LogP contribution in [0, 0.1) is 5.21 Å². The molecule has 0 fully saturated rings. The van der Waals surface area contributed by atoms with Gasteiger partial charge >= 0.3 is 0 Å². The van der Waals surface area contributed by atoms with E-state index in [0.29, 0.717) is 5.69 Å². The summed E-state index contributed by atoms with van der Waals surface area (Å²) in [7, 11) is 0. The van der Waals surface area contributed by atoms with Crippen molar-refractivity contribution in [2.24, 2.45) is 0 Å². The smallest absolute Gasteiger partial charge is 0.202 e. The van der Waals surface area contributed by atoms with E-state index < -0.39 is 5.54 Å². The molecule has 1 aromatic heterocycles. The summed E-state index contributed by atoms with van der Waals surface area (Å²) in [5, 5.41) is 11.9. The number of H-pyrrole nitrogens is 1. The predicted molar refractivity (Wildman–Crippen MR) is 84.4 cm³/mol. The summed E-state index contributed by atoms with van der Waals surface area (Å²) < 4.78 is 0.920. The van der Waals surface area contributed by atoms with E-state index >= 15 is 0 Å². The molecule has 0 saturated heterocycles. The summed E-state index contributed by atoms with van der Waals surface area (Å²) in [4.78, 5) is 8.74. The topological polar surface area (TPSA) is 54.8 Å². The van der Waals surface area contributed by atoms with Gasteiger partial charge in [0.25, 0.3) is 0 Å². The molecular weight excluding hydrogens is 270 g/mol. The van der Waals surface area contributed by atoms with Crippen LogP contribution in [-0.2, 0) is 0 Å². The number of nitrogens with one attached hydrogen (secondary N) is 1. The van der Waals surface area contributed by atoms with Gasteiger partial charge < -0.3 is 10.2 Å². The van der Waals surface area contributed by atoms with Crippen molar-refractivity contribution in [1.29, 1.82) is 0 Å². The lowest BCUT2D eigenvalue weighted by Crippen LogP contribution is -2.29. The number of imidazole rings is 1. The molecule has 5 heteroatoms. The fourth-order valence-electron chi connectivity index (χ4n) is 1.61. The number of hydrogen-bond donors (Lipinski definition) is 1. The Balaban J connectivity index is 2.24. The molecular formula is C15H19N3OS. The number of rotatable bonds is 3. The van der Waals surface area contributed by atoms with Gasteiger partial charge in [0, 0.05) is 37.4 Å². The Bertz CT molecular complexity index is 609. The number of thioether (sulfide) groups is 1. The summed E-state index contributed by atoms with van der Waals surface area (Å²) in [5.74, 6) is 0.770. The summed E-state index contributed by atoms with van der Waals surface area (Å²) in [6.45, 7) is 5.60. The largest absolute Gasteiger partial charge is 0.623 e. The van der Waals surface area contributed by atoms with Crippen molar-refractivity contribution in [2.45, 2.75) is 31.2 Å². The van der Waals surface area contributed by atoms with Gasteiger partial charge in [-0.1, -0.05) is 12.1 Å². The van der Waals surface area contributed by atoms with E-state index in [2.05, 4.69) is 22.1 Å². The van der Waals surface area contributed by atoms with Gasteiger partial charge in [0.05, 0.1) is 0 Å². The van der Waals surface area contributed by atoms with Crippen LogP contribution in [-0.4, -0.2) is 32.7 Å². The minimum absolute atomic E-state index is 0.459. The van der Waals surface area contributed by atoms with Crippen molar-refractivity contribution in [2.75, 3.05) is 6.26 Å². The van der Waals surface area contributed by atoms with Gasteiger partial charge in [-0.05, 0) is 18.4 Å². The van der Waals surface area contributed by atoms with Gasteiger partial charge in [0.2, 0.25) is 6.21 Å². The summed E-state index contributed by atoms with van der Waals surface area (Å²) in [5.41, 5.74) is 1.19. The predicted octanol–water partition coefficient (Wildman–Crippen LogP) is 3.53. The molecule has 0 aliphatic heterocycles. The molecule has 0 saturated carbocycles. The molecule has 4 nitrogen and oxygen atoms in total. The van der Waals surface area contributed by atoms with E-state index in [1.165, 1.54) is 11.1 Å². The third-order valence-electron chi connectivity index (χ3n) is 2.87. The molecule has 2 aromatic rings. The highest BCUT2D eigenvalue weighted by Crippen LogP contribution is 2.20. The number of benzene rings is 1. The van der Waals surface area contributed by atoms with E-state index in [0.717, 1.165) is 16.1 Å². The third-order valence-corrected chi connectivity index (χ3v) is 3.62. The number of aromatic amines is 1. The van der Waals surface area contributed by atoms with Crippen molar-refractivity contribution < 1.29 is 4.74 Å². The SMILES string of the molecule is CSc1ccc(-c2nc(/C=[N+](\[O-])C(C)(C)C)c[nH]2)cc1. The average Bonchev–Trinajstić information content (AvgIpc) is 2.86. The Morgan fingerprint density at radius 3 is 2.45 bits per heavy atom. The van der Waals surface area contributed by atoms with Crippen molar-refractivity contribution in [3.63, 3.8) is 0 Å². The Hall–Kier alpha value is -1.75. The van der Waals surface area contributed by atoms with Gasteiger partial charge in [-0.15, -0.1) is 11.8 Å². The van der Waals surface area contributed by atoms with Crippen LogP contribution in [0.15, 0.2) is 35.4 Å². The molecule has 0 spiro atoms. The highest BCUT2D eigenvalue weighted by atomic mass is 32.2. The van der Waals surface area contributed by atoms with E-state index in [1.54, 1.807) is 18.0 Å². The maximum Gasteiger partial charge on any atom is 0.202 e. The molecule has 0 amide bonds. The molecule has 0 aliphatic rings. The summed E-state index contributed by atoms with van der Waals surface area (Å²) in [6.07, 6.45) is 5.30. The third kappa shape index (κ3) is 3.42.